The first kappa shape index (κ1) is 18.3. The number of carbonyl (C=O) groups is 1. The van der Waals surface area contributed by atoms with Crippen molar-refractivity contribution in [1.29, 1.82) is 0 Å². The van der Waals surface area contributed by atoms with Crippen LogP contribution >= 0.6 is 57.7 Å². The molecule has 4 nitrogen and oxygen atoms in total. The molecule has 0 spiro atoms. The van der Waals surface area contributed by atoms with Crippen molar-refractivity contribution in [3.63, 3.8) is 0 Å². The van der Waals surface area contributed by atoms with Crippen molar-refractivity contribution in [2.75, 3.05) is 10.6 Å². The molecule has 0 saturated heterocycles. The molecule has 3 aromatic rings. The summed E-state index contributed by atoms with van der Waals surface area (Å²) in [6.45, 7) is 0. The Balaban J connectivity index is 1.71. The van der Waals surface area contributed by atoms with E-state index in [0.717, 1.165) is 11.3 Å². The summed E-state index contributed by atoms with van der Waals surface area (Å²) in [5, 5.41) is 9.02. The predicted octanol–water partition coefficient (Wildman–Crippen LogP) is 7.07. The van der Waals surface area contributed by atoms with Crippen LogP contribution in [0.5, 0.6) is 0 Å². The Morgan fingerprint density at radius 2 is 1.56 bits per heavy atom. The van der Waals surface area contributed by atoms with Gasteiger partial charge in [0.05, 0.1) is 21.4 Å². The first-order valence-electron chi connectivity index (χ1n) is 6.86. The minimum Gasteiger partial charge on any atom is -0.305 e. The number of halogens is 4. The van der Waals surface area contributed by atoms with Gasteiger partial charge >= 0.3 is 6.03 Å². The topological polar surface area (TPSA) is 54.0 Å². The molecule has 0 saturated carbocycles. The lowest BCUT2D eigenvalue weighted by Gasteiger charge is -2.09. The van der Waals surface area contributed by atoms with Gasteiger partial charge in [-0.25, -0.2) is 9.78 Å². The smallest absolute Gasteiger partial charge is 0.305 e. The second-order valence-electron chi connectivity index (χ2n) is 4.87. The third kappa shape index (κ3) is 4.57. The zero-order valence-electron chi connectivity index (χ0n) is 12.3. The molecule has 0 unspecified atom stereocenters. The second kappa shape index (κ2) is 7.81. The second-order valence-corrected chi connectivity index (χ2v) is 7.41. The summed E-state index contributed by atoms with van der Waals surface area (Å²) in [6, 6.07) is 9.74. The van der Waals surface area contributed by atoms with Crippen molar-refractivity contribution in [3.05, 3.63) is 61.9 Å². The minimum absolute atomic E-state index is 0.244. The summed E-state index contributed by atoms with van der Waals surface area (Å²) >= 11 is 25.1. The third-order valence-corrected chi connectivity index (χ3v) is 4.93. The monoisotopic (exact) mass is 431 g/mol. The number of nitrogens with zero attached hydrogens (tertiary/aromatic N) is 1. The highest BCUT2D eigenvalue weighted by atomic mass is 35.5. The number of hydrogen-bond donors (Lipinski definition) is 2. The number of benzene rings is 2. The van der Waals surface area contributed by atoms with Crippen LogP contribution in [0.15, 0.2) is 41.8 Å². The maximum Gasteiger partial charge on any atom is 0.325 e. The summed E-state index contributed by atoms with van der Waals surface area (Å²) < 4.78 is 0. The van der Waals surface area contributed by atoms with Gasteiger partial charge in [0.25, 0.3) is 0 Å². The molecule has 0 fully saturated rings. The summed E-state index contributed by atoms with van der Waals surface area (Å²) in [7, 11) is 0. The van der Waals surface area contributed by atoms with E-state index in [9.17, 15) is 4.79 Å². The number of carbonyl (C=O) groups excluding carboxylic acids is 1. The first-order valence-corrected chi connectivity index (χ1v) is 9.25. The first-order chi connectivity index (χ1) is 11.9. The molecule has 2 amide bonds. The Labute approximate surface area is 167 Å². The van der Waals surface area contributed by atoms with Crippen molar-refractivity contribution >= 4 is 74.6 Å². The SMILES string of the molecule is O=C(Nc1nc(-c2ccc(Cl)cc2)cs1)Nc1c(Cl)cc(Cl)cc1Cl. The largest absolute Gasteiger partial charge is 0.325 e. The van der Waals surface area contributed by atoms with E-state index >= 15 is 0 Å². The Hall–Kier alpha value is -1.50. The molecule has 0 aliphatic heterocycles. The predicted molar refractivity (Wildman–Crippen MR) is 107 cm³/mol. The highest BCUT2D eigenvalue weighted by Crippen LogP contribution is 2.34. The number of urea groups is 1. The molecule has 9 heteroatoms. The fourth-order valence-corrected chi connectivity index (χ4v) is 3.74. The molecule has 0 aliphatic carbocycles. The fourth-order valence-electron chi connectivity index (χ4n) is 1.99. The lowest BCUT2D eigenvalue weighted by atomic mass is 10.2. The number of nitrogens with one attached hydrogen (secondary N) is 2. The van der Waals surface area contributed by atoms with E-state index in [1.54, 1.807) is 12.1 Å². The molecular weight excluding hydrogens is 424 g/mol. The van der Waals surface area contributed by atoms with E-state index in [-0.39, 0.29) is 15.7 Å². The van der Waals surface area contributed by atoms with E-state index in [1.807, 2.05) is 17.5 Å². The molecule has 2 N–H and O–H groups in total. The van der Waals surface area contributed by atoms with Gasteiger partial charge in [0.2, 0.25) is 0 Å². The molecule has 0 radical (unpaired) electrons. The number of anilines is 2. The molecule has 1 aromatic heterocycles. The summed E-state index contributed by atoms with van der Waals surface area (Å²) in [6.07, 6.45) is 0. The molecule has 25 heavy (non-hydrogen) atoms. The van der Waals surface area contributed by atoms with E-state index in [4.69, 9.17) is 46.4 Å². The quantitative estimate of drug-likeness (QED) is 0.464. The summed E-state index contributed by atoms with van der Waals surface area (Å²) in [5.74, 6) is 0. The van der Waals surface area contributed by atoms with Crippen LogP contribution in [0.25, 0.3) is 11.3 Å². The van der Waals surface area contributed by atoms with Gasteiger partial charge in [-0.1, -0.05) is 58.5 Å². The fraction of sp³-hybridized carbons (Fsp3) is 0. The average Bonchev–Trinajstić information content (AvgIpc) is 3.00. The number of amides is 2. The van der Waals surface area contributed by atoms with Crippen LogP contribution in [0.3, 0.4) is 0 Å². The Morgan fingerprint density at radius 3 is 2.20 bits per heavy atom. The van der Waals surface area contributed by atoms with Gasteiger partial charge in [-0.15, -0.1) is 11.3 Å². The summed E-state index contributed by atoms with van der Waals surface area (Å²) in [5.41, 5.74) is 1.91. The third-order valence-electron chi connectivity index (χ3n) is 3.11. The Kier molecular flexibility index (Phi) is 5.71. The van der Waals surface area contributed by atoms with Crippen LogP contribution in [0.2, 0.25) is 20.1 Å². The van der Waals surface area contributed by atoms with Crippen LogP contribution in [0.4, 0.5) is 15.6 Å². The normalized spacial score (nSPS) is 10.6. The van der Waals surface area contributed by atoms with Gasteiger partial charge < -0.3 is 5.32 Å². The van der Waals surface area contributed by atoms with Gasteiger partial charge in [0.15, 0.2) is 5.13 Å². The minimum atomic E-state index is -0.511. The van der Waals surface area contributed by atoms with Crippen LogP contribution in [0, 0.1) is 0 Å². The van der Waals surface area contributed by atoms with E-state index in [1.165, 1.54) is 23.5 Å². The molecule has 1 heterocycles. The van der Waals surface area contributed by atoms with Crippen LogP contribution in [0.1, 0.15) is 0 Å². The van der Waals surface area contributed by atoms with Crippen LogP contribution < -0.4 is 10.6 Å². The molecule has 3 rings (SSSR count). The molecule has 128 valence electrons. The molecular formula is C16H9Cl4N3OS. The number of hydrogen-bond acceptors (Lipinski definition) is 3. The van der Waals surface area contributed by atoms with Gasteiger partial charge in [0.1, 0.15) is 0 Å². The van der Waals surface area contributed by atoms with Gasteiger partial charge in [-0.2, -0.15) is 0 Å². The van der Waals surface area contributed by atoms with Gasteiger partial charge in [-0.05, 0) is 24.3 Å². The maximum atomic E-state index is 12.1. The molecule has 0 aliphatic rings. The molecule has 0 bridgehead atoms. The summed E-state index contributed by atoms with van der Waals surface area (Å²) in [4.78, 5) is 16.5. The van der Waals surface area contributed by atoms with Crippen molar-refractivity contribution in [2.45, 2.75) is 0 Å². The molecule has 2 aromatic carbocycles. The van der Waals surface area contributed by atoms with Crippen LogP contribution in [-0.4, -0.2) is 11.0 Å². The van der Waals surface area contributed by atoms with Gasteiger partial charge in [0, 0.05) is 21.0 Å². The zero-order chi connectivity index (χ0) is 18.0. The van der Waals surface area contributed by atoms with Crippen molar-refractivity contribution < 1.29 is 4.79 Å². The number of aromatic nitrogens is 1. The lowest BCUT2D eigenvalue weighted by Crippen LogP contribution is -2.19. The standard InChI is InChI=1S/C16H9Cl4N3OS/c17-9-3-1-8(2-4-9)13-7-25-16(21-13)23-15(24)22-14-11(19)5-10(18)6-12(14)20/h1-7H,(H2,21,22,23,24). The number of thiazole rings is 1. The van der Waals surface area contributed by atoms with Gasteiger partial charge in [-0.3, -0.25) is 5.32 Å². The number of rotatable bonds is 3. The Bertz CT molecular complexity index is 904. The van der Waals surface area contributed by atoms with Crippen molar-refractivity contribution in [1.82, 2.24) is 4.98 Å². The van der Waals surface area contributed by atoms with E-state index in [0.29, 0.717) is 15.2 Å². The zero-order valence-corrected chi connectivity index (χ0v) is 16.2. The van der Waals surface area contributed by atoms with Crippen molar-refractivity contribution in [2.24, 2.45) is 0 Å². The average molecular weight is 433 g/mol. The lowest BCUT2D eigenvalue weighted by molar-refractivity contribution is 0.262. The highest BCUT2D eigenvalue weighted by Gasteiger charge is 2.13. The Morgan fingerprint density at radius 1 is 0.920 bits per heavy atom. The molecule has 0 atom stereocenters. The highest BCUT2D eigenvalue weighted by molar-refractivity contribution is 7.14. The van der Waals surface area contributed by atoms with Crippen LogP contribution in [-0.2, 0) is 0 Å². The maximum absolute atomic E-state index is 12.1. The van der Waals surface area contributed by atoms with E-state index in [2.05, 4.69) is 15.6 Å². The van der Waals surface area contributed by atoms with E-state index < -0.39 is 6.03 Å². The van der Waals surface area contributed by atoms with Crippen molar-refractivity contribution in [3.8, 4) is 11.3 Å².